The van der Waals surface area contributed by atoms with Crippen LogP contribution in [-0.2, 0) is 0 Å². The van der Waals surface area contributed by atoms with E-state index in [-0.39, 0.29) is 22.3 Å². The van der Waals surface area contributed by atoms with Crippen LogP contribution in [-0.4, -0.2) is 0 Å². The van der Waals surface area contributed by atoms with Crippen LogP contribution in [0.15, 0.2) is 24.3 Å². The van der Waals surface area contributed by atoms with Crippen molar-refractivity contribution in [2.45, 2.75) is 130 Å². The minimum atomic E-state index is 0. The Kier molecular flexibility index (Phi) is 35.5. The number of aryl methyl sites for hydroxylation is 2. The zero-order valence-electron chi connectivity index (χ0n) is 19.0. The molecule has 0 bridgehead atoms. The van der Waals surface area contributed by atoms with Crippen LogP contribution in [0, 0.1) is 31.6 Å². The fourth-order valence-electron chi connectivity index (χ4n) is 3.14. The van der Waals surface area contributed by atoms with Crippen molar-refractivity contribution in [3.05, 3.63) is 35.4 Å². The first-order valence-corrected chi connectivity index (χ1v) is 10.9. The van der Waals surface area contributed by atoms with E-state index in [2.05, 4.69) is 72.7 Å². The predicted molar refractivity (Wildman–Crippen MR) is 139 cm³/mol. The maximum absolute atomic E-state index is 2.45. The summed E-state index contributed by atoms with van der Waals surface area (Å²) in [7, 11) is 0. The SMILES string of the molecule is C.C.C.CC.CCCC(CCC)CC(C)CCC(C)C.Cc1ccc(C)cc1. The van der Waals surface area contributed by atoms with Crippen LogP contribution in [0.25, 0.3) is 0 Å². The van der Waals surface area contributed by atoms with E-state index < -0.39 is 0 Å². The predicted octanol–water partition coefficient (Wildman–Crippen LogP) is 10.9. The first-order chi connectivity index (χ1) is 11.9. The van der Waals surface area contributed by atoms with Gasteiger partial charge in [0.05, 0.1) is 0 Å². The molecule has 0 aromatic heterocycles. The summed E-state index contributed by atoms with van der Waals surface area (Å²) in [5.74, 6) is 2.82. The highest BCUT2D eigenvalue weighted by molar-refractivity contribution is 5.19. The Morgan fingerprint density at radius 1 is 0.643 bits per heavy atom. The van der Waals surface area contributed by atoms with Crippen molar-refractivity contribution in [2.24, 2.45) is 17.8 Å². The van der Waals surface area contributed by atoms with Gasteiger partial charge in [0.1, 0.15) is 0 Å². The second-order valence-electron chi connectivity index (χ2n) is 7.91. The zero-order chi connectivity index (χ0) is 19.7. The van der Waals surface area contributed by atoms with Crippen molar-refractivity contribution in [1.82, 2.24) is 0 Å². The molecule has 0 saturated carbocycles. The highest BCUT2D eigenvalue weighted by atomic mass is 14.2. The lowest BCUT2D eigenvalue weighted by Gasteiger charge is -2.20. The molecule has 0 aliphatic carbocycles. The smallest absolute Gasteiger partial charge is 0.0398 e. The van der Waals surface area contributed by atoms with E-state index in [9.17, 15) is 0 Å². The summed E-state index contributed by atoms with van der Waals surface area (Å²) in [6.07, 6.45) is 9.92. The van der Waals surface area contributed by atoms with Crippen LogP contribution in [0.1, 0.15) is 127 Å². The quantitative estimate of drug-likeness (QED) is 0.389. The van der Waals surface area contributed by atoms with E-state index in [4.69, 9.17) is 0 Å². The lowest BCUT2D eigenvalue weighted by atomic mass is 9.86. The molecule has 28 heavy (non-hydrogen) atoms. The fourth-order valence-corrected chi connectivity index (χ4v) is 3.14. The Hall–Kier alpha value is -0.780. The molecule has 0 nitrogen and oxygen atoms in total. The standard InChI is InChI=1S/C15H32.C8H10.C2H6.3CH4/c1-6-8-15(9-7-2)12-14(5)11-10-13(3)4;1-7-3-5-8(2)6-4-7;1-2;;;/h13-15H,6-12H2,1-5H3;3-6H,1-2H3;1-2H3;3*1H4. The maximum Gasteiger partial charge on any atom is -0.0398 e. The summed E-state index contributed by atoms with van der Waals surface area (Å²) in [4.78, 5) is 0. The summed E-state index contributed by atoms with van der Waals surface area (Å²) in [5.41, 5.74) is 2.66. The third-order valence-corrected chi connectivity index (χ3v) is 4.58. The van der Waals surface area contributed by atoms with E-state index in [1.807, 2.05) is 13.8 Å². The third kappa shape index (κ3) is 25.2. The van der Waals surface area contributed by atoms with Gasteiger partial charge in [0.2, 0.25) is 0 Å². The average Bonchev–Trinajstić information content (AvgIpc) is 2.58. The topological polar surface area (TPSA) is 0 Å². The largest absolute Gasteiger partial charge is 0.0776 e. The molecular weight excluding hydrogens is 336 g/mol. The van der Waals surface area contributed by atoms with E-state index in [0.29, 0.717) is 0 Å². The van der Waals surface area contributed by atoms with Crippen molar-refractivity contribution >= 4 is 0 Å². The average molecular weight is 397 g/mol. The summed E-state index contributed by atoms with van der Waals surface area (Å²) in [6, 6.07) is 8.48. The van der Waals surface area contributed by atoms with Crippen LogP contribution >= 0.6 is 0 Å². The Morgan fingerprint density at radius 2 is 1.00 bits per heavy atom. The molecule has 0 amide bonds. The third-order valence-electron chi connectivity index (χ3n) is 4.58. The minimum Gasteiger partial charge on any atom is -0.0776 e. The van der Waals surface area contributed by atoms with Crippen molar-refractivity contribution < 1.29 is 0 Å². The number of hydrogen-bond acceptors (Lipinski definition) is 0. The molecule has 0 aliphatic heterocycles. The first-order valence-electron chi connectivity index (χ1n) is 10.9. The molecule has 0 spiro atoms. The van der Waals surface area contributed by atoms with E-state index >= 15 is 0 Å². The van der Waals surface area contributed by atoms with Crippen molar-refractivity contribution in [2.75, 3.05) is 0 Å². The van der Waals surface area contributed by atoms with Crippen molar-refractivity contribution in [3.8, 4) is 0 Å². The lowest BCUT2D eigenvalue weighted by molar-refractivity contribution is 0.319. The Morgan fingerprint density at radius 3 is 1.29 bits per heavy atom. The van der Waals surface area contributed by atoms with Gasteiger partial charge in [-0.25, -0.2) is 0 Å². The van der Waals surface area contributed by atoms with Gasteiger partial charge in [0.25, 0.3) is 0 Å². The van der Waals surface area contributed by atoms with Gasteiger partial charge in [-0.1, -0.05) is 145 Å². The monoisotopic (exact) mass is 396 g/mol. The molecule has 0 N–H and O–H groups in total. The van der Waals surface area contributed by atoms with Crippen LogP contribution in [0.5, 0.6) is 0 Å². The highest BCUT2D eigenvalue weighted by Crippen LogP contribution is 2.25. The van der Waals surface area contributed by atoms with Crippen molar-refractivity contribution in [1.29, 1.82) is 0 Å². The summed E-state index contributed by atoms with van der Waals surface area (Å²) >= 11 is 0. The van der Waals surface area contributed by atoms with Gasteiger partial charge >= 0.3 is 0 Å². The van der Waals surface area contributed by atoms with Crippen LogP contribution in [0.3, 0.4) is 0 Å². The number of hydrogen-bond donors (Lipinski definition) is 0. The van der Waals surface area contributed by atoms with Gasteiger partial charge in [-0.3, -0.25) is 0 Å². The molecule has 0 radical (unpaired) electrons. The Labute approximate surface area is 182 Å². The maximum atomic E-state index is 2.45. The molecule has 1 aromatic rings. The number of benzene rings is 1. The first kappa shape index (κ1) is 37.9. The Balaban J connectivity index is -0.000000116. The fraction of sp³-hybridized carbons (Fsp3) is 0.786. The Bertz CT molecular complexity index is 333. The molecule has 0 aliphatic rings. The molecule has 172 valence electrons. The molecule has 1 atom stereocenters. The van der Waals surface area contributed by atoms with E-state index in [1.165, 1.54) is 56.1 Å². The zero-order valence-corrected chi connectivity index (χ0v) is 19.0. The summed E-state index contributed by atoms with van der Waals surface area (Å²) in [5, 5.41) is 0. The van der Waals surface area contributed by atoms with Gasteiger partial charge in [0, 0.05) is 0 Å². The molecule has 0 fully saturated rings. The van der Waals surface area contributed by atoms with E-state index in [1.54, 1.807) is 0 Å². The highest BCUT2D eigenvalue weighted by Gasteiger charge is 2.12. The van der Waals surface area contributed by atoms with Crippen LogP contribution < -0.4 is 0 Å². The molecule has 1 rings (SSSR count). The van der Waals surface area contributed by atoms with Crippen LogP contribution in [0.2, 0.25) is 0 Å². The normalized spacial score (nSPS) is 10.2. The molecule has 0 heteroatoms. The second-order valence-corrected chi connectivity index (χ2v) is 7.91. The molecule has 1 aromatic carbocycles. The van der Waals surface area contributed by atoms with Gasteiger partial charge in [-0.15, -0.1) is 0 Å². The molecule has 0 saturated heterocycles. The van der Waals surface area contributed by atoms with E-state index in [0.717, 1.165) is 17.8 Å². The summed E-state index contributed by atoms with van der Waals surface area (Å²) in [6.45, 7) is 20.0. The van der Waals surface area contributed by atoms with Crippen LogP contribution in [0.4, 0.5) is 0 Å². The molecule has 1 unspecified atom stereocenters. The molecular formula is C28H60. The van der Waals surface area contributed by atoms with Gasteiger partial charge < -0.3 is 0 Å². The summed E-state index contributed by atoms with van der Waals surface area (Å²) < 4.78 is 0. The minimum absolute atomic E-state index is 0. The second kappa shape index (κ2) is 26.2. The lowest BCUT2D eigenvalue weighted by Crippen LogP contribution is -2.07. The van der Waals surface area contributed by atoms with Gasteiger partial charge in [0.15, 0.2) is 0 Å². The van der Waals surface area contributed by atoms with Crippen molar-refractivity contribution in [3.63, 3.8) is 0 Å². The van der Waals surface area contributed by atoms with Gasteiger partial charge in [-0.2, -0.15) is 0 Å². The van der Waals surface area contributed by atoms with Gasteiger partial charge in [-0.05, 0) is 38.0 Å². The molecule has 0 heterocycles. The number of rotatable bonds is 9.